The van der Waals surface area contributed by atoms with Gasteiger partial charge in [0.2, 0.25) is 0 Å². The van der Waals surface area contributed by atoms with E-state index in [1.807, 2.05) is 36.4 Å². The van der Waals surface area contributed by atoms with Crippen LogP contribution in [0.2, 0.25) is 0 Å². The number of rotatable bonds is 4. The molecule has 0 unspecified atom stereocenters. The van der Waals surface area contributed by atoms with Crippen molar-refractivity contribution in [2.45, 2.75) is 0 Å². The summed E-state index contributed by atoms with van der Waals surface area (Å²) in [6, 6.07) is 63.5. The van der Waals surface area contributed by atoms with E-state index in [4.69, 9.17) is 6.57 Å². The number of benzene rings is 8. The molecule has 8 aromatic carbocycles. The highest BCUT2D eigenvalue weighted by Crippen LogP contribution is 2.43. The molecule has 0 spiro atoms. The quantitative estimate of drug-likeness (QED) is 0.169. The molecule has 3 heterocycles. The lowest BCUT2D eigenvalue weighted by atomic mass is 10.00. The van der Waals surface area contributed by atoms with E-state index in [2.05, 4.69) is 164 Å². The molecule has 0 bridgehead atoms. The van der Waals surface area contributed by atoms with Gasteiger partial charge in [0, 0.05) is 54.9 Å². The second-order valence-electron chi connectivity index (χ2n) is 13.9. The Balaban J connectivity index is 1.16. The van der Waals surface area contributed by atoms with Crippen molar-refractivity contribution in [3.63, 3.8) is 0 Å². The van der Waals surface area contributed by atoms with Crippen LogP contribution >= 0.6 is 0 Å². The van der Waals surface area contributed by atoms with Crippen LogP contribution in [0.15, 0.2) is 176 Å². The van der Waals surface area contributed by atoms with E-state index in [1.165, 1.54) is 21.8 Å². The van der Waals surface area contributed by atoms with Crippen LogP contribution in [-0.2, 0) is 0 Å². The predicted octanol–water partition coefficient (Wildman–Crippen LogP) is 13.1. The standard InChI is InChI=1S/C50H29N5/c1-52-42-21-12-26-48(49(42)32-13-10-15-34(29-32)54-45-24-8-4-18-38(45)40-20-11-14-33(31-51)50(40)54)55-46-25-9-5-19-39(46)41-30-35(27-28-47(41)55)53-43-22-6-2-16-36(43)37-17-3-7-23-44(37)53/h2-30H. The van der Waals surface area contributed by atoms with Gasteiger partial charge in [0.25, 0.3) is 0 Å². The molecule has 0 aliphatic heterocycles. The van der Waals surface area contributed by atoms with Gasteiger partial charge in [0.05, 0.1) is 45.2 Å². The van der Waals surface area contributed by atoms with Crippen LogP contribution in [-0.4, -0.2) is 13.7 Å². The van der Waals surface area contributed by atoms with Crippen LogP contribution in [0, 0.1) is 17.9 Å². The van der Waals surface area contributed by atoms with E-state index in [1.54, 1.807) is 0 Å². The van der Waals surface area contributed by atoms with Gasteiger partial charge in [-0.3, -0.25) is 0 Å². The molecule has 254 valence electrons. The van der Waals surface area contributed by atoms with E-state index in [-0.39, 0.29) is 0 Å². The number of fused-ring (bicyclic) bond motifs is 9. The average Bonchev–Trinajstić information content (AvgIpc) is 3.89. The van der Waals surface area contributed by atoms with Gasteiger partial charge in [-0.15, -0.1) is 0 Å². The third kappa shape index (κ3) is 4.39. The topological polar surface area (TPSA) is 42.9 Å². The monoisotopic (exact) mass is 699 g/mol. The molecule has 11 rings (SSSR count). The summed E-state index contributed by atoms with van der Waals surface area (Å²) in [6.07, 6.45) is 0. The lowest BCUT2D eigenvalue weighted by Gasteiger charge is -2.17. The minimum Gasteiger partial charge on any atom is -0.310 e. The molecule has 55 heavy (non-hydrogen) atoms. The van der Waals surface area contributed by atoms with Crippen molar-refractivity contribution < 1.29 is 0 Å². The normalized spacial score (nSPS) is 11.6. The molecule has 5 heteroatoms. The summed E-state index contributed by atoms with van der Waals surface area (Å²) in [7, 11) is 0. The Kier molecular flexibility index (Phi) is 6.61. The molecular weight excluding hydrogens is 671 g/mol. The Labute approximate surface area is 316 Å². The summed E-state index contributed by atoms with van der Waals surface area (Å²) in [6.45, 7) is 8.36. The van der Waals surface area contributed by atoms with Gasteiger partial charge < -0.3 is 13.7 Å². The second-order valence-corrected chi connectivity index (χ2v) is 13.9. The third-order valence-corrected chi connectivity index (χ3v) is 11.1. The molecular formula is C50H29N5. The van der Waals surface area contributed by atoms with Crippen LogP contribution in [0.3, 0.4) is 0 Å². The molecule has 0 amide bonds. The first-order chi connectivity index (χ1) is 27.2. The Bertz CT molecular complexity index is 3420. The molecule has 0 saturated heterocycles. The number of hydrogen-bond donors (Lipinski definition) is 0. The van der Waals surface area contributed by atoms with Gasteiger partial charge in [-0.1, -0.05) is 109 Å². The highest BCUT2D eigenvalue weighted by atomic mass is 15.0. The van der Waals surface area contributed by atoms with Gasteiger partial charge in [-0.2, -0.15) is 5.26 Å². The number of hydrogen-bond acceptors (Lipinski definition) is 1. The Morgan fingerprint density at radius 3 is 1.64 bits per heavy atom. The molecule has 5 nitrogen and oxygen atoms in total. The summed E-state index contributed by atoms with van der Waals surface area (Å²) in [5.74, 6) is 0. The molecule has 0 radical (unpaired) electrons. The fourth-order valence-electron chi connectivity index (χ4n) is 8.84. The van der Waals surface area contributed by atoms with Gasteiger partial charge >= 0.3 is 0 Å². The first-order valence-electron chi connectivity index (χ1n) is 18.3. The predicted molar refractivity (Wildman–Crippen MR) is 226 cm³/mol. The number of aromatic nitrogens is 3. The lowest BCUT2D eigenvalue weighted by molar-refractivity contribution is 1.16. The maximum Gasteiger partial charge on any atom is 0.196 e. The third-order valence-electron chi connectivity index (χ3n) is 11.1. The second kappa shape index (κ2) is 11.8. The molecule has 0 saturated carbocycles. The zero-order chi connectivity index (χ0) is 36.6. The first kappa shape index (κ1) is 30.7. The van der Waals surface area contributed by atoms with E-state index < -0.39 is 0 Å². The van der Waals surface area contributed by atoms with Gasteiger partial charge in [-0.25, -0.2) is 4.85 Å². The highest BCUT2D eigenvalue weighted by Gasteiger charge is 2.21. The zero-order valence-electron chi connectivity index (χ0n) is 29.5. The molecule has 0 aliphatic rings. The highest BCUT2D eigenvalue weighted by molar-refractivity contribution is 6.13. The molecule has 0 atom stereocenters. The minimum atomic E-state index is 0.572. The Morgan fingerprint density at radius 2 is 0.964 bits per heavy atom. The minimum absolute atomic E-state index is 0.572. The van der Waals surface area contributed by atoms with Crippen molar-refractivity contribution in [3.05, 3.63) is 193 Å². The first-order valence-corrected chi connectivity index (χ1v) is 18.3. The smallest absolute Gasteiger partial charge is 0.196 e. The largest absolute Gasteiger partial charge is 0.310 e. The molecule has 3 aromatic heterocycles. The average molecular weight is 700 g/mol. The Morgan fingerprint density at radius 1 is 0.436 bits per heavy atom. The van der Waals surface area contributed by atoms with Gasteiger partial charge in [-0.05, 0) is 72.3 Å². The summed E-state index contributed by atoms with van der Waals surface area (Å²) >= 11 is 0. The van der Waals surface area contributed by atoms with Crippen LogP contribution < -0.4 is 0 Å². The number of para-hydroxylation sites is 5. The van der Waals surface area contributed by atoms with Crippen molar-refractivity contribution in [2.24, 2.45) is 0 Å². The van der Waals surface area contributed by atoms with Crippen molar-refractivity contribution >= 4 is 71.1 Å². The molecule has 0 fully saturated rings. The van der Waals surface area contributed by atoms with Crippen LogP contribution in [0.4, 0.5) is 5.69 Å². The van der Waals surface area contributed by atoms with Crippen molar-refractivity contribution in [2.75, 3.05) is 0 Å². The number of nitriles is 1. The summed E-state index contributed by atoms with van der Waals surface area (Å²) in [4.78, 5) is 4.09. The summed E-state index contributed by atoms with van der Waals surface area (Å²) < 4.78 is 6.86. The van der Waals surface area contributed by atoms with Gasteiger partial charge in [0.1, 0.15) is 6.07 Å². The van der Waals surface area contributed by atoms with Gasteiger partial charge in [0.15, 0.2) is 5.69 Å². The molecule has 11 aromatic rings. The lowest BCUT2D eigenvalue weighted by Crippen LogP contribution is -1.99. The number of nitrogens with zero attached hydrogens (tertiary/aromatic N) is 5. The fourth-order valence-corrected chi connectivity index (χ4v) is 8.84. The van der Waals surface area contributed by atoms with E-state index in [9.17, 15) is 5.26 Å². The molecule has 0 aliphatic carbocycles. The Hall–Kier alpha value is -7.86. The van der Waals surface area contributed by atoms with E-state index in [0.29, 0.717) is 11.3 Å². The fraction of sp³-hybridized carbons (Fsp3) is 0. The van der Waals surface area contributed by atoms with E-state index >= 15 is 0 Å². The maximum atomic E-state index is 10.2. The van der Waals surface area contributed by atoms with Crippen LogP contribution in [0.5, 0.6) is 0 Å². The van der Waals surface area contributed by atoms with Crippen molar-refractivity contribution in [1.29, 1.82) is 5.26 Å². The summed E-state index contributed by atoms with van der Waals surface area (Å²) in [5.41, 5.74) is 12.3. The summed E-state index contributed by atoms with van der Waals surface area (Å²) in [5, 5.41) is 17.1. The van der Waals surface area contributed by atoms with Crippen molar-refractivity contribution in [3.8, 4) is 34.3 Å². The van der Waals surface area contributed by atoms with E-state index in [0.717, 1.165) is 71.8 Å². The van der Waals surface area contributed by atoms with Crippen LogP contribution in [0.1, 0.15) is 5.56 Å². The van der Waals surface area contributed by atoms with Crippen LogP contribution in [0.25, 0.3) is 98.5 Å². The maximum absolute atomic E-state index is 10.2. The molecule has 0 N–H and O–H groups in total. The SMILES string of the molecule is [C-]#[N+]c1cccc(-n2c3ccccc3c3cc(-n4c5ccccc5c5ccccc54)ccc32)c1-c1cccc(-n2c3ccccc3c3cccc(C#N)c32)c1. The van der Waals surface area contributed by atoms with Crippen molar-refractivity contribution in [1.82, 2.24) is 13.7 Å². The zero-order valence-corrected chi connectivity index (χ0v) is 29.5.